The molecular weight excluding hydrogens is 1020 g/mol. The van der Waals surface area contributed by atoms with Gasteiger partial charge in [-0.2, -0.15) is 0 Å². The van der Waals surface area contributed by atoms with E-state index in [0.717, 1.165) is 167 Å². The van der Waals surface area contributed by atoms with Gasteiger partial charge in [-0.15, -0.1) is 0 Å². The van der Waals surface area contributed by atoms with Gasteiger partial charge in [0.25, 0.3) is 0 Å². The van der Waals surface area contributed by atoms with Gasteiger partial charge in [-0.3, -0.25) is 14.4 Å². The third-order valence-corrected chi connectivity index (χ3v) is 13.7. The first-order chi connectivity index (χ1) is 41.0. The maximum atomic E-state index is 12.9. The van der Waals surface area contributed by atoms with Crippen LogP contribution >= 0.6 is 0 Å². The van der Waals surface area contributed by atoms with E-state index in [4.69, 9.17) is 14.2 Å². The number of rotatable bonds is 59. The van der Waals surface area contributed by atoms with Crippen molar-refractivity contribution in [1.29, 1.82) is 0 Å². The maximum Gasteiger partial charge on any atom is 0.306 e. The normalized spacial score (nSPS) is 13.2. The lowest BCUT2D eigenvalue weighted by Crippen LogP contribution is -2.30. The largest absolute Gasteiger partial charge is 0.462 e. The van der Waals surface area contributed by atoms with E-state index in [9.17, 15) is 14.4 Å². The maximum absolute atomic E-state index is 12.9. The van der Waals surface area contributed by atoms with Crippen LogP contribution in [0.25, 0.3) is 0 Å². The summed E-state index contributed by atoms with van der Waals surface area (Å²) in [6.45, 7) is 6.37. The molecule has 0 spiro atoms. The van der Waals surface area contributed by atoms with Gasteiger partial charge in [0, 0.05) is 19.3 Å². The molecule has 6 heteroatoms. The van der Waals surface area contributed by atoms with Gasteiger partial charge >= 0.3 is 17.9 Å². The predicted octanol–water partition coefficient (Wildman–Crippen LogP) is 23.4. The van der Waals surface area contributed by atoms with Crippen LogP contribution in [-0.2, 0) is 28.6 Å². The highest BCUT2D eigenvalue weighted by Gasteiger charge is 2.19. The van der Waals surface area contributed by atoms with Crippen molar-refractivity contribution in [3.8, 4) is 0 Å². The highest BCUT2D eigenvalue weighted by atomic mass is 16.6. The minimum Gasteiger partial charge on any atom is -0.462 e. The molecule has 1 atom stereocenters. The van der Waals surface area contributed by atoms with Crippen molar-refractivity contribution in [2.45, 2.75) is 284 Å². The zero-order chi connectivity index (χ0) is 59.9. The second-order valence-electron chi connectivity index (χ2n) is 21.6. The molecule has 466 valence electrons. The monoisotopic (exact) mass is 1140 g/mol. The summed E-state index contributed by atoms with van der Waals surface area (Å²) in [6.07, 6.45) is 102. The highest BCUT2D eigenvalue weighted by molar-refractivity contribution is 5.71. The Balaban J connectivity index is 4.48. The molecule has 0 aromatic heterocycles. The molecule has 0 aliphatic rings. The summed E-state index contributed by atoms with van der Waals surface area (Å²) in [6, 6.07) is 0. The van der Waals surface area contributed by atoms with Crippen molar-refractivity contribution in [3.05, 3.63) is 170 Å². The molecule has 0 saturated carbocycles. The highest BCUT2D eigenvalue weighted by Crippen LogP contribution is 2.15. The number of carbonyl (C=O) groups is 3. The molecule has 83 heavy (non-hydrogen) atoms. The number of hydrogen-bond acceptors (Lipinski definition) is 6. The summed E-state index contributed by atoms with van der Waals surface area (Å²) in [5, 5.41) is 0. The Hall–Kier alpha value is -5.23. The topological polar surface area (TPSA) is 78.9 Å². The third-order valence-electron chi connectivity index (χ3n) is 13.7. The quantitative estimate of drug-likeness (QED) is 0.0261. The first-order valence-corrected chi connectivity index (χ1v) is 33.6. The molecule has 0 aromatic rings. The smallest absolute Gasteiger partial charge is 0.306 e. The average Bonchev–Trinajstić information content (AvgIpc) is 3.49. The van der Waals surface area contributed by atoms with Gasteiger partial charge in [0.1, 0.15) is 13.2 Å². The Labute approximate surface area is 511 Å². The van der Waals surface area contributed by atoms with E-state index in [0.29, 0.717) is 19.3 Å². The second-order valence-corrected chi connectivity index (χ2v) is 21.6. The van der Waals surface area contributed by atoms with Crippen molar-refractivity contribution < 1.29 is 28.6 Å². The second kappa shape index (κ2) is 69.3. The van der Waals surface area contributed by atoms with Crippen LogP contribution < -0.4 is 0 Å². The Morgan fingerprint density at radius 1 is 0.253 bits per heavy atom. The van der Waals surface area contributed by atoms with E-state index >= 15 is 0 Å². The van der Waals surface area contributed by atoms with Crippen LogP contribution in [0.15, 0.2) is 170 Å². The van der Waals surface area contributed by atoms with Gasteiger partial charge in [-0.1, -0.05) is 294 Å². The summed E-state index contributed by atoms with van der Waals surface area (Å²) in [5.41, 5.74) is 0. The van der Waals surface area contributed by atoms with Crippen molar-refractivity contribution in [2.75, 3.05) is 13.2 Å². The van der Waals surface area contributed by atoms with Gasteiger partial charge in [0.15, 0.2) is 6.10 Å². The zero-order valence-electron chi connectivity index (χ0n) is 53.4. The molecule has 0 aliphatic heterocycles. The zero-order valence-corrected chi connectivity index (χ0v) is 53.4. The molecule has 6 nitrogen and oxygen atoms in total. The molecule has 0 fully saturated rings. The molecule has 0 bridgehead atoms. The summed E-state index contributed by atoms with van der Waals surface area (Å²) >= 11 is 0. The van der Waals surface area contributed by atoms with E-state index in [1.807, 2.05) is 0 Å². The Kier molecular flexibility index (Phi) is 64.9. The summed E-state index contributed by atoms with van der Waals surface area (Å²) < 4.78 is 16.9. The lowest BCUT2D eigenvalue weighted by Gasteiger charge is -2.18. The number of hydrogen-bond donors (Lipinski definition) is 0. The van der Waals surface area contributed by atoms with Crippen molar-refractivity contribution >= 4 is 17.9 Å². The Bertz CT molecular complexity index is 1890. The minimum absolute atomic E-state index is 0.103. The van der Waals surface area contributed by atoms with E-state index in [1.165, 1.54) is 64.2 Å². The van der Waals surface area contributed by atoms with Crippen LogP contribution in [-0.4, -0.2) is 37.2 Å². The fourth-order valence-electron chi connectivity index (χ4n) is 8.76. The van der Waals surface area contributed by atoms with Gasteiger partial charge in [-0.05, 0) is 135 Å². The van der Waals surface area contributed by atoms with Crippen LogP contribution in [0.2, 0.25) is 0 Å². The van der Waals surface area contributed by atoms with E-state index in [2.05, 4.69) is 191 Å². The van der Waals surface area contributed by atoms with Gasteiger partial charge < -0.3 is 14.2 Å². The van der Waals surface area contributed by atoms with Crippen LogP contribution in [0.3, 0.4) is 0 Å². The minimum atomic E-state index is -0.813. The van der Waals surface area contributed by atoms with Crippen molar-refractivity contribution in [3.63, 3.8) is 0 Å². The first-order valence-electron chi connectivity index (χ1n) is 33.6. The lowest BCUT2D eigenvalue weighted by atomic mass is 10.0. The van der Waals surface area contributed by atoms with Gasteiger partial charge in [0.2, 0.25) is 0 Å². The molecule has 0 rings (SSSR count). The lowest BCUT2D eigenvalue weighted by molar-refractivity contribution is -0.167. The summed E-state index contributed by atoms with van der Waals surface area (Å²) in [4.78, 5) is 38.4. The van der Waals surface area contributed by atoms with E-state index in [1.54, 1.807) is 0 Å². The standard InChI is InChI=1S/C77H122O6/c1-4-7-10-13-16-19-22-25-27-29-31-33-35-37-38-40-41-43-45-47-49-52-55-58-61-64-67-70-76(79)82-73-74(72-81-75(78)69-66-63-60-57-54-51-24-21-18-15-12-9-6-3)83-77(80)71-68-65-62-59-56-53-50-48-46-44-42-39-36-34-32-30-28-26-23-20-17-14-11-8-5-2/h7-8,10-11,16-17,19-20,25-28,31-34,37-39,41-43,46-49,53,56,74H,4-6,9,12-15,18,21-24,29-30,35-36,40,44-45,50-52,54-55,57-73H2,1-3H3/b10-7-,11-8-,19-16-,20-17-,27-25-,28-26-,33-31-,34-32-,38-37-,42-39-,43-41-,48-46-,49-47-,56-53-. The van der Waals surface area contributed by atoms with E-state index < -0.39 is 6.10 Å². The number of ether oxygens (including phenoxy) is 3. The van der Waals surface area contributed by atoms with Crippen LogP contribution in [0.1, 0.15) is 278 Å². The van der Waals surface area contributed by atoms with E-state index in [-0.39, 0.29) is 37.5 Å². The summed E-state index contributed by atoms with van der Waals surface area (Å²) in [5.74, 6) is -0.958. The van der Waals surface area contributed by atoms with Gasteiger partial charge in [-0.25, -0.2) is 0 Å². The third kappa shape index (κ3) is 67.4. The average molecular weight is 1140 g/mol. The Morgan fingerprint density at radius 2 is 0.470 bits per heavy atom. The van der Waals surface area contributed by atoms with Crippen LogP contribution in [0, 0.1) is 0 Å². The molecule has 0 N–H and O–H groups in total. The molecule has 0 aromatic carbocycles. The SMILES string of the molecule is CC/C=C\C/C=C\C/C=C\C/C=C\C/C=C\C/C=C\C/C=C\CCCCCCCC(=O)OCC(COC(=O)CCCCCCCCCCCCCCC)OC(=O)CCCCC/C=C\C/C=C\C/C=C\C/C=C\C/C=C\C/C=C\C/C=C\CC. The molecule has 0 heterocycles. The molecule has 0 saturated heterocycles. The van der Waals surface area contributed by atoms with Crippen LogP contribution in [0.4, 0.5) is 0 Å². The van der Waals surface area contributed by atoms with Crippen molar-refractivity contribution in [1.82, 2.24) is 0 Å². The number of esters is 3. The number of allylic oxidation sites excluding steroid dienone is 28. The molecule has 0 amide bonds. The molecule has 0 aliphatic carbocycles. The number of carbonyl (C=O) groups excluding carboxylic acids is 3. The fourth-order valence-corrected chi connectivity index (χ4v) is 8.76. The number of unbranched alkanes of at least 4 members (excludes halogenated alkanes) is 20. The summed E-state index contributed by atoms with van der Waals surface area (Å²) in [7, 11) is 0. The fraction of sp³-hybridized carbons (Fsp3) is 0.597. The molecule has 0 radical (unpaired) electrons. The Morgan fingerprint density at radius 3 is 0.747 bits per heavy atom. The molecule has 1 unspecified atom stereocenters. The van der Waals surface area contributed by atoms with Crippen LogP contribution in [0.5, 0.6) is 0 Å². The van der Waals surface area contributed by atoms with Gasteiger partial charge in [0.05, 0.1) is 0 Å². The predicted molar refractivity (Wildman–Crippen MR) is 361 cm³/mol. The molecular formula is C77H122O6. The van der Waals surface area contributed by atoms with Crippen molar-refractivity contribution in [2.24, 2.45) is 0 Å². The first kappa shape index (κ1) is 77.8.